The number of hydrogen-bond donors (Lipinski definition) is 1. The fourth-order valence-electron chi connectivity index (χ4n) is 1.70. The van der Waals surface area contributed by atoms with Crippen molar-refractivity contribution in [2.45, 2.75) is 10.1 Å². The van der Waals surface area contributed by atoms with Crippen LogP contribution in [0.3, 0.4) is 0 Å². The predicted molar refractivity (Wildman–Crippen MR) is 88.5 cm³/mol. The van der Waals surface area contributed by atoms with E-state index >= 15 is 0 Å². The van der Waals surface area contributed by atoms with Gasteiger partial charge in [0.25, 0.3) is 0 Å². The van der Waals surface area contributed by atoms with Crippen molar-refractivity contribution in [1.29, 1.82) is 0 Å². The van der Waals surface area contributed by atoms with Crippen molar-refractivity contribution >= 4 is 35.3 Å². The van der Waals surface area contributed by atoms with Gasteiger partial charge in [0, 0.05) is 6.07 Å². The third kappa shape index (κ3) is 3.29. The van der Waals surface area contributed by atoms with Crippen molar-refractivity contribution in [3.63, 3.8) is 0 Å². The van der Waals surface area contributed by atoms with Crippen LogP contribution in [0, 0.1) is 3.95 Å². The minimum absolute atomic E-state index is 0.391. The van der Waals surface area contributed by atoms with Gasteiger partial charge in [-0.2, -0.15) is 0 Å². The molecule has 3 rings (SSSR count). The van der Waals surface area contributed by atoms with E-state index in [4.69, 9.17) is 21.7 Å². The fraction of sp³-hybridized carbons (Fsp3) is 0.0714. The van der Waals surface area contributed by atoms with Crippen LogP contribution in [-0.4, -0.2) is 14.9 Å². The molecular formula is C14H10N2O3S3. The van der Waals surface area contributed by atoms with Crippen molar-refractivity contribution in [2.75, 3.05) is 0 Å². The summed E-state index contributed by atoms with van der Waals surface area (Å²) in [5, 5.41) is 13.6. The van der Waals surface area contributed by atoms with Crippen LogP contribution in [0.1, 0.15) is 5.76 Å². The lowest BCUT2D eigenvalue weighted by Gasteiger charge is -1.99. The first-order valence-electron chi connectivity index (χ1n) is 6.22. The molecule has 0 aliphatic rings. The van der Waals surface area contributed by atoms with Crippen LogP contribution in [0.25, 0.3) is 5.69 Å². The lowest BCUT2D eigenvalue weighted by molar-refractivity contribution is 0.419. The van der Waals surface area contributed by atoms with Crippen LogP contribution in [0.2, 0.25) is 0 Å². The Kier molecular flexibility index (Phi) is 4.41. The van der Waals surface area contributed by atoms with E-state index in [-0.39, 0.29) is 0 Å². The van der Waals surface area contributed by atoms with Crippen LogP contribution in [-0.2, 0) is 5.75 Å². The van der Waals surface area contributed by atoms with Crippen LogP contribution in [0.4, 0.5) is 0 Å². The van der Waals surface area contributed by atoms with Gasteiger partial charge >= 0.3 is 0 Å². The predicted octanol–water partition coefficient (Wildman–Crippen LogP) is 3.61. The first kappa shape index (κ1) is 15.0. The lowest BCUT2D eigenvalue weighted by Crippen LogP contribution is -1.99. The Labute approximate surface area is 138 Å². The summed E-state index contributed by atoms with van der Waals surface area (Å²) in [6.45, 7) is 0. The lowest BCUT2D eigenvalue weighted by atomic mass is 10.3. The number of hydrogen-bond acceptors (Lipinski definition) is 7. The number of aromatic hydroxyl groups is 1. The van der Waals surface area contributed by atoms with Crippen LogP contribution < -0.4 is 5.43 Å². The molecule has 0 spiro atoms. The highest BCUT2D eigenvalue weighted by Crippen LogP contribution is 2.27. The van der Waals surface area contributed by atoms with E-state index in [0.717, 1.165) is 16.3 Å². The smallest absolute Gasteiger partial charge is 0.226 e. The van der Waals surface area contributed by atoms with Gasteiger partial charge in [0.1, 0.15) is 12.0 Å². The average molecular weight is 350 g/mol. The molecule has 0 saturated carbocycles. The highest BCUT2D eigenvalue weighted by atomic mass is 32.2. The van der Waals surface area contributed by atoms with Crippen LogP contribution in [0.15, 0.2) is 56.2 Å². The van der Waals surface area contributed by atoms with Gasteiger partial charge in [0.2, 0.25) is 5.43 Å². The summed E-state index contributed by atoms with van der Waals surface area (Å²) in [6, 6.07) is 10.9. The minimum atomic E-state index is -0.454. The van der Waals surface area contributed by atoms with Crippen LogP contribution >= 0.6 is 35.3 Å². The molecule has 8 heteroatoms. The molecule has 5 nitrogen and oxygen atoms in total. The summed E-state index contributed by atoms with van der Waals surface area (Å²) < 4.78 is 8.29. The summed E-state index contributed by atoms with van der Waals surface area (Å²) in [6.07, 6.45) is 1.04. The standard InChI is InChI=1S/C14H10N2O3S3/c17-11-6-10(19-7-12(11)18)8-21-13-15-16(14(20)22-13)9-4-2-1-3-5-9/h1-7,18H,8H2. The summed E-state index contributed by atoms with van der Waals surface area (Å²) >= 11 is 8.14. The van der Waals surface area contributed by atoms with Gasteiger partial charge in [0.15, 0.2) is 14.0 Å². The molecule has 0 aliphatic carbocycles. The largest absolute Gasteiger partial charge is 0.502 e. The van der Waals surface area contributed by atoms with Crippen LogP contribution in [0.5, 0.6) is 5.75 Å². The maximum absolute atomic E-state index is 11.3. The zero-order valence-corrected chi connectivity index (χ0v) is 13.6. The SMILES string of the molecule is O=c1cc(CSc2nn(-c3ccccc3)c(=S)s2)occ1O. The van der Waals surface area contributed by atoms with Crippen molar-refractivity contribution in [3.8, 4) is 11.4 Å². The molecule has 2 aromatic heterocycles. The van der Waals surface area contributed by atoms with Crippen molar-refractivity contribution in [1.82, 2.24) is 9.78 Å². The maximum Gasteiger partial charge on any atom is 0.226 e. The van der Waals surface area contributed by atoms with Gasteiger partial charge in [-0.25, -0.2) is 4.68 Å². The Bertz CT molecular complexity index is 899. The quantitative estimate of drug-likeness (QED) is 0.573. The van der Waals surface area contributed by atoms with Gasteiger partial charge < -0.3 is 9.52 Å². The van der Waals surface area contributed by atoms with E-state index in [1.54, 1.807) is 4.68 Å². The Morgan fingerprint density at radius 3 is 2.86 bits per heavy atom. The minimum Gasteiger partial charge on any atom is -0.502 e. The zero-order valence-electron chi connectivity index (χ0n) is 11.1. The second-order valence-electron chi connectivity index (χ2n) is 4.27. The molecule has 22 heavy (non-hydrogen) atoms. The molecule has 0 saturated heterocycles. The van der Waals surface area contributed by atoms with Gasteiger partial charge in [-0.05, 0) is 24.4 Å². The molecule has 3 aromatic rings. The van der Waals surface area contributed by atoms with Gasteiger partial charge in [0.05, 0.1) is 11.4 Å². The summed E-state index contributed by atoms with van der Waals surface area (Å²) in [5.41, 5.74) is 0.455. The molecule has 0 fully saturated rings. The van der Waals surface area contributed by atoms with E-state index in [0.29, 0.717) is 15.5 Å². The van der Waals surface area contributed by atoms with E-state index in [2.05, 4.69) is 5.10 Å². The van der Waals surface area contributed by atoms with Crippen molar-refractivity contribution < 1.29 is 9.52 Å². The molecule has 0 bridgehead atoms. The first-order valence-corrected chi connectivity index (χ1v) is 8.43. The molecule has 2 heterocycles. The van der Waals surface area contributed by atoms with Gasteiger partial charge in [-0.1, -0.05) is 41.3 Å². The zero-order chi connectivity index (χ0) is 15.5. The normalized spacial score (nSPS) is 10.7. The van der Waals surface area contributed by atoms with Crippen molar-refractivity contribution in [3.05, 3.63) is 62.6 Å². The first-order chi connectivity index (χ1) is 10.6. The molecule has 1 aromatic carbocycles. The third-order valence-electron chi connectivity index (χ3n) is 2.73. The van der Waals surface area contributed by atoms with Crippen molar-refractivity contribution in [2.24, 2.45) is 0 Å². The van der Waals surface area contributed by atoms with E-state index < -0.39 is 11.2 Å². The highest BCUT2D eigenvalue weighted by molar-refractivity contribution is 8.00. The number of aromatic nitrogens is 2. The molecule has 0 atom stereocenters. The number of benzene rings is 1. The van der Waals surface area contributed by atoms with E-state index in [1.807, 2.05) is 30.3 Å². The Morgan fingerprint density at radius 2 is 2.14 bits per heavy atom. The number of rotatable bonds is 4. The second kappa shape index (κ2) is 6.47. The maximum atomic E-state index is 11.3. The Balaban J connectivity index is 1.78. The van der Waals surface area contributed by atoms with E-state index in [1.165, 1.54) is 29.2 Å². The summed E-state index contributed by atoms with van der Waals surface area (Å²) in [5.74, 6) is 0.519. The third-order valence-corrected chi connectivity index (χ3v) is 5.12. The number of thioether (sulfide) groups is 1. The Morgan fingerprint density at radius 1 is 1.36 bits per heavy atom. The topological polar surface area (TPSA) is 68.3 Å². The fourth-order valence-corrected chi connectivity index (χ4v) is 3.96. The van der Waals surface area contributed by atoms with E-state index in [9.17, 15) is 4.79 Å². The average Bonchev–Trinajstić information content (AvgIpc) is 2.90. The molecule has 0 radical (unpaired) electrons. The molecular weight excluding hydrogens is 340 g/mol. The number of nitrogens with zero attached hydrogens (tertiary/aromatic N) is 2. The molecule has 0 aliphatic heterocycles. The molecule has 0 unspecified atom stereocenters. The highest BCUT2D eigenvalue weighted by Gasteiger charge is 2.08. The summed E-state index contributed by atoms with van der Waals surface area (Å²) in [7, 11) is 0. The Hall–Kier alpha value is -1.90. The molecule has 1 N–H and O–H groups in total. The molecule has 0 amide bonds. The van der Waals surface area contributed by atoms with Gasteiger partial charge in [-0.3, -0.25) is 4.79 Å². The monoisotopic (exact) mass is 350 g/mol. The van der Waals surface area contributed by atoms with Gasteiger partial charge in [-0.15, -0.1) is 5.10 Å². The number of para-hydroxylation sites is 1. The summed E-state index contributed by atoms with van der Waals surface area (Å²) in [4.78, 5) is 11.3. The second-order valence-corrected chi connectivity index (χ2v) is 7.11. The molecule has 112 valence electrons.